The molecule has 1 aromatic heterocycles. The number of halogens is 1. The Hall–Kier alpha value is -0.720. The zero-order valence-electron chi connectivity index (χ0n) is 8.14. The maximum Gasteiger partial charge on any atom is 0.225 e. The van der Waals surface area contributed by atoms with Gasteiger partial charge in [0.25, 0.3) is 0 Å². The van der Waals surface area contributed by atoms with Crippen LogP contribution in [0.4, 0.5) is 5.95 Å². The fourth-order valence-corrected chi connectivity index (χ4v) is 1.68. The van der Waals surface area contributed by atoms with Gasteiger partial charge in [0.15, 0.2) is 0 Å². The van der Waals surface area contributed by atoms with Crippen LogP contribution in [0.25, 0.3) is 0 Å². The molecule has 0 bridgehead atoms. The van der Waals surface area contributed by atoms with Gasteiger partial charge in [0.05, 0.1) is 23.8 Å². The highest BCUT2D eigenvalue weighted by molar-refractivity contribution is 9.10. The third-order valence-corrected chi connectivity index (χ3v) is 2.64. The summed E-state index contributed by atoms with van der Waals surface area (Å²) in [6, 6.07) is 0. The third kappa shape index (κ3) is 2.64. The molecule has 2 heterocycles. The Bertz CT molecular complexity index is 320. The van der Waals surface area contributed by atoms with Crippen LogP contribution in [-0.4, -0.2) is 47.5 Å². The van der Waals surface area contributed by atoms with Gasteiger partial charge in [-0.1, -0.05) is 0 Å². The summed E-state index contributed by atoms with van der Waals surface area (Å²) in [7, 11) is 0. The van der Waals surface area contributed by atoms with Crippen molar-refractivity contribution in [2.75, 3.05) is 31.2 Å². The van der Waals surface area contributed by atoms with Crippen LogP contribution >= 0.6 is 15.9 Å². The van der Waals surface area contributed by atoms with Crippen molar-refractivity contribution in [2.24, 2.45) is 0 Å². The number of nitrogens with zero attached hydrogens (tertiary/aromatic N) is 3. The van der Waals surface area contributed by atoms with Crippen LogP contribution in [0.2, 0.25) is 0 Å². The van der Waals surface area contributed by atoms with Gasteiger partial charge in [-0.3, -0.25) is 0 Å². The molecule has 0 amide bonds. The number of rotatable bonds is 2. The molecular formula is C9H12BrN3O2. The molecule has 0 saturated carbocycles. The van der Waals surface area contributed by atoms with E-state index >= 15 is 0 Å². The highest BCUT2D eigenvalue weighted by Gasteiger charge is 2.21. The van der Waals surface area contributed by atoms with Crippen molar-refractivity contribution in [1.29, 1.82) is 0 Å². The SMILES string of the molecule is OC[C@@H]1CN(c2ncc(Br)cn2)CCO1. The molecule has 0 spiro atoms. The molecule has 1 aliphatic heterocycles. The van der Waals surface area contributed by atoms with Gasteiger partial charge in [-0.15, -0.1) is 0 Å². The Kier molecular flexibility index (Phi) is 3.50. The molecule has 1 fully saturated rings. The van der Waals surface area contributed by atoms with E-state index in [-0.39, 0.29) is 12.7 Å². The molecular weight excluding hydrogens is 262 g/mol. The number of hydrogen-bond donors (Lipinski definition) is 1. The second-order valence-electron chi connectivity index (χ2n) is 3.32. The first-order valence-corrected chi connectivity index (χ1v) is 5.54. The Balaban J connectivity index is 2.06. The molecule has 15 heavy (non-hydrogen) atoms. The van der Waals surface area contributed by atoms with Crippen LogP contribution in [0.3, 0.4) is 0 Å². The molecule has 0 unspecified atom stereocenters. The summed E-state index contributed by atoms with van der Waals surface area (Å²) in [6.07, 6.45) is 3.29. The Morgan fingerprint density at radius 2 is 2.27 bits per heavy atom. The maximum absolute atomic E-state index is 9.00. The van der Waals surface area contributed by atoms with Crippen molar-refractivity contribution >= 4 is 21.9 Å². The Morgan fingerprint density at radius 1 is 1.53 bits per heavy atom. The second-order valence-corrected chi connectivity index (χ2v) is 4.24. The first kappa shape index (κ1) is 10.8. The molecule has 1 N–H and O–H groups in total. The van der Waals surface area contributed by atoms with E-state index in [0.717, 1.165) is 11.0 Å². The normalized spacial score (nSPS) is 21.7. The molecule has 1 saturated heterocycles. The van der Waals surface area contributed by atoms with Crippen molar-refractivity contribution < 1.29 is 9.84 Å². The van der Waals surface area contributed by atoms with Gasteiger partial charge < -0.3 is 14.7 Å². The number of hydrogen-bond acceptors (Lipinski definition) is 5. The average molecular weight is 274 g/mol. The number of aliphatic hydroxyl groups excluding tert-OH is 1. The fraction of sp³-hybridized carbons (Fsp3) is 0.556. The summed E-state index contributed by atoms with van der Waals surface area (Å²) >= 11 is 3.29. The number of aliphatic hydroxyl groups is 1. The lowest BCUT2D eigenvalue weighted by Crippen LogP contribution is -2.44. The maximum atomic E-state index is 9.00. The second kappa shape index (κ2) is 4.87. The van der Waals surface area contributed by atoms with Crippen LogP contribution in [0.1, 0.15) is 0 Å². The molecule has 82 valence electrons. The van der Waals surface area contributed by atoms with E-state index in [1.165, 1.54) is 0 Å². The first-order valence-electron chi connectivity index (χ1n) is 4.74. The molecule has 5 nitrogen and oxygen atoms in total. The number of anilines is 1. The van der Waals surface area contributed by atoms with Gasteiger partial charge in [-0.25, -0.2) is 9.97 Å². The molecule has 2 rings (SSSR count). The lowest BCUT2D eigenvalue weighted by Gasteiger charge is -2.31. The van der Waals surface area contributed by atoms with E-state index in [4.69, 9.17) is 9.84 Å². The van der Waals surface area contributed by atoms with Crippen LogP contribution in [0, 0.1) is 0 Å². The van der Waals surface area contributed by atoms with E-state index in [1.807, 2.05) is 4.90 Å². The highest BCUT2D eigenvalue weighted by Crippen LogP contribution is 2.14. The summed E-state index contributed by atoms with van der Waals surface area (Å²) in [6.45, 7) is 2.04. The van der Waals surface area contributed by atoms with Crippen LogP contribution < -0.4 is 4.90 Å². The Morgan fingerprint density at radius 3 is 2.93 bits per heavy atom. The van der Waals surface area contributed by atoms with E-state index in [2.05, 4.69) is 25.9 Å². The summed E-state index contributed by atoms with van der Waals surface area (Å²) in [5.41, 5.74) is 0. The topological polar surface area (TPSA) is 58.5 Å². The van der Waals surface area contributed by atoms with Gasteiger partial charge in [-0.2, -0.15) is 0 Å². The minimum Gasteiger partial charge on any atom is -0.394 e. The van der Waals surface area contributed by atoms with Gasteiger partial charge >= 0.3 is 0 Å². The Labute approximate surface area is 96.2 Å². The molecule has 1 aromatic rings. The summed E-state index contributed by atoms with van der Waals surface area (Å²) in [4.78, 5) is 10.4. The number of ether oxygens (including phenoxy) is 1. The van der Waals surface area contributed by atoms with E-state index in [1.54, 1.807) is 12.4 Å². The standard InChI is InChI=1S/C9H12BrN3O2/c10-7-3-11-9(12-4-7)13-1-2-15-8(5-13)6-14/h3-4,8,14H,1-2,5-6H2/t8-/m0/s1. The molecule has 6 heteroatoms. The van der Waals surface area contributed by atoms with Crippen molar-refractivity contribution in [3.05, 3.63) is 16.9 Å². The highest BCUT2D eigenvalue weighted by atomic mass is 79.9. The van der Waals surface area contributed by atoms with Crippen LogP contribution in [-0.2, 0) is 4.74 Å². The largest absolute Gasteiger partial charge is 0.394 e. The summed E-state index contributed by atoms with van der Waals surface area (Å²) < 4.78 is 6.21. The van der Waals surface area contributed by atoms with Crippen molar-refractivity contribution in [3.8, 4) is 0 Å². The lowest BCUT2D eigenvalue weighted by atomic mass is 10.3. The fourth-order valence-electron chi connectivity index (χ4n) is 1.48. The molecule has 1 aliphatic rings. The first-order chi connectivity index (χ1) is 7.29. The van der Waals surface area contributed by atoms with Gasteiger partial charge in [-0.05, 0) is 15.9 Å². The number of morpholine rings is 1. The van der Waals surface area contributed by atoms with E-state index in [9.17, 15) is 0 Å². The molecule has 0 radical (unpaired) electrons. The van der Waals surface area contributed by atoms with Crippen LogP contribution in [0.5, 0.6) is 0 Å². The quantitative estimate of drug-likeness (QED) is 0.847. The van der Waals surface area contributed by atoms with Crippen LogP contribution in [0.15, 0.2) is 16.9 Å². The molecule has 0 aliphatic carbocycles. The third-order valence-electron chi connectivity index (χ3n) is 2.23. The van der Waals surface area contributed by atoms with Crippen molar-refractivity contribution in [3.63, 3.8) is 0 Å². The van der Waals surface area contributed by atoms with Gasteiger partial charge in [0, 0.05) is 25.5 Å². The minimum absolute atomic E-state index is 0.0348. The van der Waals surface area contributed by atoms with Crippen molar-refractivity contribution in [2.45, 2.75) is 6.10 Å². The van der Waals surface area contributed by atoms with E-state index < -0.39 is 0 Å². The number of aromatic nitrogens is 2. The summed E-state index contributed by atoms with van der Waals surface area (Å²) in [5, 5.41) is 9.00. The predicted octanol–water partition coefficient (Wildman–Crippen LogP) is 0.437. The van der Waals surface area contributed by atoms with E-state index in [0.29, 0.717) is 19.1 Å². The van der Waals surface area contributed by atoms with Gasteiger partial charge in [0.1, 0.15) is 0 Å². The average Bonchev–Trinajstić information content (AvgIpc) is 2.30. The molecule has 1 atom stereocenters. The predicted molar refractivity (Wildman–Crippen MR) is 58.8 cm³/mol. The summed E-state index contributed by atoms with van der Waals surface area (Å²) in [5.74, 6) is 0.681. The monoisotopic (exact) mass is 273 g/mol. The lowest BCUT2D eigenvalue weighted by molar-refractivity contribution is 0.00314. The van der Waals surface area contributed by atoms with Crippen molar-refractivity contribution in [1.82, 2.24) is 9.97 Å². The van der Waals surface area contributed by atoms with Gasteiger partial charge in [0.2, 0.25) is 5.95 Å². The molecule has 0 aromatic carbocycles. The smallest absolute Gasteiger partial charge is 0.225 e. The zero-order valence-corrected chi connectivity index (χ0v) is 9.72. The minimum atomic E-state index is -0.133. The zero-order chi connectivity index (χ0) is 10.7.